The molecule has 0 spiro atoms. The van der Waals surface area contributed by atoms with Crippen LogP contribution in [-0.2, 0) is 0 Å². The van der Waals surface area contributed by atoms with E-state index in [2.05, 4.69) is 10.5 Å². The second kappa shape index (κ2) is 4.56. The molecule has 0 saturated carbocycles. The number of aromatic hydroxyl groups is 1. The summed E-state index contributed by atoms with van der Waals surface area (Å²) in [5, 5.41) is 14.5. The number of hydrogen-bond acceptors (Lipinski definition) is 4. The van der Waals surface area contributed by atoms with Crippen LogP contribution in [-0.4, -0.2) is 12.2 Å². The molecule has 0 atom stereocenters. The van der Waals surface area contributed by atoms with Gasteiger partial charge in [0.1, 0.15) is 5.75 Å². The van der Waals surface area contributed by atoms with Gasteiger partial charge in [-0.15, -0.1) is 17.3 Å². The van der Waals surface area contributed by atoms with Crippen molar-refractivity contribution in [3.05, 3.63) is 23.1 Å². The molecule has 4 nitrogen and oxygen atoms in total. The number of phenols is 1. The van der Waals surface area contributed by atoms with Gasteiger partial charge >= 0.3 is 0 Å². The summed E-state index contributed by atoms with van der Waals surface area (Å²) in [5.74, 6) is -0.105. The van der Waals surface area contributed by atoms with Crippen LogP contribution in [0.15, 0.2) is 23.4 Å². The predicted molar refractivity (Wildman–Crippen MR) is 50.4 cm³/mol. The van der Waals surface area contributed by atoms with E-state index in [-0.39, 0.29) is 23.8 Å². The Bertz CT molecular complexity index is 278. The molecule has 1 aromatic rings. The number of halogens is 1. The summed E-state index contributed by atoms with van der Waals surface area (Å²) in [6.45, 7) is 0. The number of hydrogen-bond donors (Lipinski definition) is 2. The molecule has 0 aliphatic carbocycles. The first-order valence-corrected chi connectivity index (χ1v) is 3.12. The summed E-state index contributed by atoms with van der Waals surface area (Å²) in [4.78, 5) is 10.2. The molecular formula is C7H9ClN2O2. The average molecular weight is 189 g/mol. The Morgan fingerprint density at radius 2 is 2.17 bits per heavy atom. The molecule has 0 aromatic heterocycles. The molecule has 1 rings (SSSR count). The zero-order valence-corrected chi connectivity index (χ0v) is 7.26. The average Bonchev–Trinajstić information content (AvgIpc) is 2.04. The minimum Gasteiger partial charge on any atom is -0.505 e. The van der Waals surface area contributed by atoms with Gasteiger partial charge in [-0.25, -0.2) is 0 Å². The zero-order chi connectivity index (χ0) is 8.27. The molecule has 1 aromatic carbocycles. The topological polar surface area (TPSA) is 61.7 Å². The lowest BCUT2D eigenvalue weighted by atomic mass is 10.2. The number of phenolic OH excluding ortho intramolecular Hbond substituents is 1. The maximum Gasteiger partial charge on any atom is 0.172 e. The number of nitrogens with zero attached hydrogens (tertiary/aromatic N) is 1. The third-order valence-corrected chi connectivity index (χ3v) is 1.38. The van der Waals surface area contributed by atoms with Crippen molar-refractivity contribution >= 4 is 23.8 Å². The number of nitrogens with one attached hydrogen (secondary N) is 1. The molecule has 0 heterocycles. The van der Waals surface area contributed by atoms with Crippen molar-refractivity contribution in [3.63, 3.8) is 0 Å². The molecule has 0 fully saturated rings. The Labute approximate surface area is 76.0 Å². The molecule has 0 aliphatic rings. The molecular weight excluding hydrogens is 180 g/mol. The summed E-state index contributed by atoms with van der Waals surface area (Å²) in [6, 6.07) is 4.71. The molecule has 5 heteroatoms. The van der Waals surface area contributed by atoms with Gasteiger partial charge in [0.2, 0.25) is 0 Å². The van der Waals surface area contributed by atoms with Crippen molar-refractivity contribution in [1.29, 1.82) is 0 Å². The highest BCUT2D eigenvalue weighted by atomic mass is 35.5. The van der Waals surface area contributed by atoms with E-state index in [4.69, 9.17) is 5.11 Å². The second-order valence-corrected chi connectivity index (χ2v) is 2.01. The van der Waals surface area contributed by atoms with Crippen molar-refractivity contribution in [2.75, 3.05) is 12.4 Å². The number of benzene rings is 1. The normalized spacial score (nSPS) is 8.42. The third kappa shape index (κ3) is 1.85. The summed E-state index contributed by atoms with van der Waals surface area (Å²) < 4.78 is 0. The smallest absolute Gasteiger partial charge is 0.172 e. The Morgan fingerprint density at radius 1 is 1.50 bits per heavy atom. The molecule has 0 aliphatic heterocycles. The number of anilines is 1. The van der Waals surface area contributed by atoms with Crippen molar-refractivity contribution in [1.82, 2.24) is 0 Å². The van der Waals surface area contributed by atoms with Gasteiger partial charge in [-0.05, 0) is 17.3 Å². The van der Waals surface area contributed by atoms with Gasteiger partial charge in [0.25, 0.3) is 0 Å². The lowest BCUT2D eigenvalue weighted by Gasteiger charge is -2.02. The summed E-state index contributed by atoms with van der Waals surface area (Å²) in [5.41, 5.74) is 0.579. The summed E-state index contributed by atoms with van der Waals surface area (Å²) in [7, 11) is 1.66. The van der Waals surface area contributed by atoms with Gasteiger partial charge in [-0.3, -0.25) is 0 Å². The van der Waals surface area contributed by atoms with E-state index in [1.165, 1.54) is 6.07 Å². The van der Waals surface area contributed by atoms with Crippen LogP contribution in [0.2, 0.25) is 0 Å². The lowest BCUT2D eigenvalue weighted by molar-refractivity contribution is 0.477. The fourth-order valence-electron chi connectivity index (χ4n) is 0.829. The minimum atomic E-state index is -0.105. The highest BCUT2D eigenvalue weighted by Crippen LogP contribution is 2.33. The SMILES string of the molecule is CNc1cccc(O)c1N=O.Cl. The molecule has 0 unspecified atom stereocenters. The third-order valence-electron chi connectivity index (χ3n) is 1.38. The van der Waals surface area contributed by atoms with Gasteiger partial charge in [-0.2, -0.15) is 0 Å². The van der Waals surface area contributed by atoms with E-state index >= 15 is 0 Å². The van der Waals surface area contributed by atoms with Crippen LogP contribution in [0.25, 0.3) is 0 Å². The van der Waals surface area contributed by atoms with E-state index in [0.717, 1.165) is 0 Å². The fraction of sp³-hybridized carbons (Fsp3) is 0.143. The maximum atomic E-state index is 10.2. The van der Waals surface area contributed by atoms with Crippen LogP contribution in [0.3, 0.4) is 0 Å². The Balaban J connectivity index is 0.00000121. The summed E-state index contributed by atoms with van der Waals surface area (Å²) in [6.07, 6.45) is 0. The largest absolute Gasteiger partial charge is 0.505 e. The van der Waals surface area contributed by atoms with Gasteiger partial charge in [0.05, 0.1) is 5.69 Å². The fourth-order valence-corrected chi connectivity index (χ4v) is 0.829. The first kappa shape index (κ1) is 10.7. The molecule has 0 radical (unpaired) electrons. The van der Waals surface area contributed by atoms with Crippen molar-refractivity contribution in [2.45, 2.75) is 0 Å². The van der Waals surface area contributed by atoms with Crippen LogP contribution in [0.4, 0.5) is 11.4 Å². The van der Waals surface area contributed by atoms with Crippen LogP contribution in [0.5, 0.6) is 5.75 Å². The van der Waals surface area contributed by atoms with Gasteiger partial charge in [-0.1, -0.05) is 6.07 Å². The Hall–Kier alpha value is -1.29. The molecule has 12 heavy (non-hydrogen) atoms. The first-order valence-electron chi connectivity index (χ1n) is 3.12. The highest BCUT2D eigenvalue weighted by molar-refractivity contribution is 5.85. The molecule has 2 N–H and O–H groups in total. The predicted octanol–water partition coefficient (Wildman–Crippen LogP) is 2.25. The van der Waals surface area contributed by atoms with Crippen LogP contribution < -0.4 is 5.32 Å². The van der Waals surface area contributed by atoms with Crippen molar-refractivity contribution in [3.8, 4) is 5.75 Å². The monoisotopic (exact) mass is 188 g/mol. The standard InChI is InChI=1S/C7H8N2O2.ClH/c1-8-5-3-2-4-6(10)7(5)9-11;/h2-4,8,10H,1H3;1H. The van der Waals surface area contributed by atoms with E-state index in [9.17, 15) is 4.91 Å². The van der Waals surface area contributed by atoms with Crippen LogP contribution in [0, 0.1) is 4.91 Å². The quantitative estimate of drug-likeness (QED) is 0.700. The Kier molecular flexibility index (Phi) is 4.07. The minimum absolute atomic E-state index is 0. The number of nitroso groups, excluding NO2 is 1. The van der Waals surface area contributed by atoms with Gasteiger partial charge < -0.3 is 10.4 Å². The van der Waals surface area contributed by atoms with E-state index in [1.807, 2.05) is 0 Å². The number of rotatable bonds is 2. The van der Waals surface area contributed by atoms with Gasteiger partial charge in [0.15, 0.2) is 5.69 Å². The lowest BCUT2D eigenvalue weighted by Crippen LogP contribution is -1.87. The van der Waals surface area contributed by atoms with Crippen LogP contribution >= 0.6 is 12.4 Å². The van der Waals surface area contributed by atoms with Crippen LogP contribution in [0.1, 0.15) is 0 Å². The summed E-state index contributed by atoms with van der Waals surface area (Å²) >= 11 is 0. The molecule has 0 saturated heterocycles. The molecule has 66 valence electrons. The van der Waals surface area contributed by atoms with E-state index < -0.39 is 0 Å². The highest BCUT2D eigenvalue weighted by Gasteiger charge is 2.04. The maximum absolute atomic E-state index is 10.2. The van der Waals surface area contributed by atoms with Gasteiger partial charge in [0, 0.05) is 7.05 Å². The van der Waals surface area contributed by atoms with E-state index in [0.29, 0.717) is 5.69 Å². The van der Waals surface area contributed by atoms with E-state index in [1.54, 1.807) is 19.2 Å². The second-order valence-electron chi connectivity index (χ2n) is 2.01. The zero-order valence-electron chi connectivity index (χ0n) is 6.44. The Morgan fingerprint density at radius 3 is 2.58 bits per heavy atom. The van der Waals surface area contributed by atoms with Crippen molar-refractivity contribution in [2.24, 2.45) is 5.18 Å². The molecule has 0 amide bonds. The van der Waals surface area contributed by atoms with Crippen molar-refractivity contribution < 1.29 is 5.11 Å². The first-order chi connectivity index (χ1) is 5.29. The molecule has 0 bridgehead atoms.